The summed E-state index contributed by atoms with van der Waals surface area (Å²) in [6, 6.07) is 23.4. The van der Waals surface area contributed by atoms with E-state index in [0.717, 1.165) is 70.5 Å². The maximum absolute atomic E-state index is 14.1. The van der Waals surface area contributed by atoms with Gasteiger partial charge in [0.05, 0.1) is 12.8 Å². The molecule has 7 N–H and O–H groups in total. The lowest BCUT2D eigenvalue weighted by Crippen LogP contribution is -2.51. The van der Waals surface area contributed by atoms with Gasteiger partial charge in [-0.05, 0) is 104 Å². The van der Waals surface area contributed by atoms with Crippen LogP contribution in [0.3, 0.4) is 0 Å². The van der Waals surface area contributed by atoms with Crippen LogP contribution in [0.25, 0.3) is 32.7 Å². The largest absolute Gasteiger partial charge is 0.493 e. The second-order valence-electron chi connectivity index (χ2n) is 15.5. The minimum atomic E-state index is -0.720. The van der Waals surface area contributed by atoms with E-state index in [4.69, 9.17) is 26.7 Å². The number of hydrogen-bond donors (Lipinski definition) is 4. The van der Waals surface area contributed by atoms with Gasteiger partial charge in [-0.25, -0.2) is 4.68 Å². The van der Waals surface area contributed by atoms with Crippen molar-refractivity contribution >= 4 is 64.1 Å². The quantitative estimate of drug-likeness (QED) is 0.0353. The molecule has 15 heteroatoms. The summed E-state index contributed by atoms with van der Waals surface area (Å²) in [4.78, 5) is 33.8. The number of likely N-dealkylation sites (tertiary alicyclic amines) is 1. The number of fused-ring (bicyclic) bond motifs is 2. The Morgan fingerprint density at radius 1 is 0.800 bits per heavy atom. The second kappa shape index (κ2) is 23.6. The zero-order chi connectivity index (χ0) is 40.9. The van der Waals surface area contributed by atoms with Crippen molar-refractivity contribution in [2.75, 3.05) is 32.8 Å². The number of amides is 2. The number of nitrogens with one attached hydrogen (secondary N) is 1. The highest BCUT2D eigenvalue weighted by atomic mass is 35.5. The number of ether oxygens (including phenoxy) is 2. The van der Waals surface area contributed by atoms with Gasteiger partial charge in [-0.3, -0.25) is 14.6 Å². The first-order valence-electron chi connectivity index (χ1n) is 20.8. The molecule has 0 aliphatic carbocycles. The lowest BCUT2D eigenvalue weighted by molar-refractivity contribution is -0.138. The Morgan fingerprint density at radius 3 is 2.05 bits per heavy atom. The SMILES string of the molecule is CC(C)CCOc1ccc2ccccc2c1-c1c(OCc2cn([C@H](CCCCN)C(=O)N[C@H](CCCN=C(N)N)C(=O)N3CCCCC3)nn2)ccc2ccccc12.Cl.Cl. The van der Waals surface area contributed by atoms with Crippen LogP contribution in [0.5, 0.6) is 11.5 Å². The molecule has 0 spiro atoms. The highest BCUT2D eigenvalue weighted by Crippen LogP contribution is 2.45. The third kappa shape index (κ3) is 12.5. The molecule has 0 unspecified atom stereocenters. The van der Waals surface area contributed by atoms with E-state index in [2.05, 4.69) is 76.9 Å². The monoisotopic (exact) mass is 861 g/mol. The fourth-order valence-corrected chi connectivity index (χ4v) is 7.58. The van der Waals surface area contributed by atoms with Crippen LogP contribution in [-0.4, -0.2) is 76.5 Å². The molecule has 1 aliphatic rings. The van der Waals surface area contributed by atoms with Crippen molar-refractivity contribution in [2.24, 2.45) is 28.1 Å². The fraction of sp³-hybridized carbons (Fsp3) is 0.444. The molecule has 60 heavy (non-hydrogen) atoms. The van der Waals surface area contributed by atoms with Crippen molar-refractivity contribution in [1.82, 2.24) is 25.2 Å². The van der Waals surface area contributed by atoms with Gasteiger partial charge in [-0.2, -0.15) is 0 Å². The zero-order valence-corrected chi connectivity index (χ0v) is 36.4. The number of guanidine groups is 1. The first-order valence-corrected chi connectivity index (χ1v) is 20.8. The van der Waals surface area contributed by atoms with Crippen molar-refractivity contribution in [2.45, 2.75) is 90.3 Å². The Morgan fingerprint density at radius 2 is 1.43 bits per heavy atom. The summed E-state index contributed by atoms with van der Waals surface area (Å²) in [7, 11) is 0. The number of halogens is 2. The van der Waals surface area contributed by atoms with Crippen LogP contribution in [0.2, 0.25) is 0 Å². The molecule has 2 atom stereocenters. The number of aliphatic imine (C=N–C) groups is 1. The van der Waals surface area contributed by atoms with Gasteiger partial charge in [0, 0.05) is 30.8 Å². The number of piperidine rings is 1. The Balaban J connectivity index is 0.00000397. The number of hydrogen-bond acceptors (Lipinski definition) is 8. The summed E-state index contributed by atoms with van der Waals surface area (Å²) >= 11 is 0. The molecule has 2 amide bonds. The van der Waals surface area contributed by atoms with Gasteiger partial charge in [0.1, 0.15) is 35.9 Å². The molecule has 1 saturated heterocycles. The lowest BCUT2D eigenvalue weighted by Gasteiger charge is -2.31. The topological polar surface area (TPSA) is 189 Å². The van der Waals surface area contributed by atoms with E-state index in [1.807, 2.05) is 35.2 Å². The van der Waals surface area contributed by atoms with Gasteiger partial charge in [-0.15, -0.1) is 29.9 Å². The highest BCUT2D eigenvalue weighted by molar-refractivity contribution is 6.09. The predicted octanol–water partition coefficient (Wildman–Crippen LogP) is 7.32. The molecule has 1 aliphatic heterocycles. The predicted molar refractivity (Wildman–Crippen MR) is 245 cm³/mol. The second-order valence-corrected chi connectivity index (χ2v) is 15.5. The molecule has 5 aromatic rings. The first kappa shape index (κ1) is 47.6. The number of benzene rings is 4. The number of nitrogens with two attached hydrogens (primary N) is 3. The van der Waals surface area contributed by atoms with Crippen LogP contribution in [0.1, 0.15) is 83.4 Å². The summed E-state index contributed by atoms with van der Waals surface area (Å²) in [5.74, 6) is 1.59. The van der Waals surface area contributed by atoms with Gasteiger partial charge in [0.15, 0.2) is 5.96 Å². The van der Waals surface area contributed by atoms with E-state index in [0.29, 0.717) is 75.8 Å². The van der Waals surface area contributed by atoms with Crippen LogP contribution in [0.15, 0.2) is 84.0 Å². The number of rotatable bonds is 20. The van der Waals surface area contributed by atoms with E-state index < -0.39 is 12.1 Å². The Kier molecular flexibility index (Phi) is 18.7. The summed E-state index contributed by atoms with van der Waals surface area (Å²) in [6.07, 6.45) is 8.52. The van der Waals surface area contributed by atoms with E-state index >= 15 is 0 Å². The first-order chi connectivity index (χ1) is 28.2. The standard InChI is InChI=1S/C45H59N9O4.2ClH/c1-31(2)23-28-57-39-21-19-32-13-4-6-15-35(32)41(39)42-36-16-7-5-14-33(36)20-22-40(42)58-30-34-29-54(52-51-34)38(18-8-9-24-46)43(55)50-37(17-12-25-49-45(47)48)44(56)53-26-10-3-11-27-53;;/h4-7,13-16,19-22,29,31,37-38H,3,8-12,17-18,23-28,30,46H2,1-2H3,(H,50,55)(H4,47,48,49);2*1H/t37-,38-;;/m1../s1. The summed E-state index contributed by atoms with van der Waals surface area (Å²) in [5, 5.41) is 16.3. The molecule has 0 bridgehead atoms. The van der Waals surface area contributed by atoms with E-state index in [9.17, 15) is 9.59 Å². The van der Waals surface area contributed by atoms with Gasteiger partial charge in [0.25, 0.3) is 0 Å². The van der Waals surface area contributed by atoms with Gasteiger partial charge >= 0.3 is 0 Å². The van der Waals surface area contributed by atoms with Crippen molar-refractivity contribution in [3.8, 4) is 22.6 Å². The molecule has 2 heterocycles. The molecule has 0 radical (unpaired) electrons. The minimum Gasteiger partial charge on any atom is -0.493 e. The number of aromatic nitrogens is 3. The molecule has 0 saturated carbocycles. The molecule has 13 nitrogen and oxygen atoms in total. The smallest absolute Gasteiger partial charge is 0.245 e. The van der Waals surface area contributed by atoms with E-state index in [-0.39, 0.29) is 49.2 Å². The van der Waals surface area contributed by atoms with Crippen LogP contribution < -0.4 is 32.0 Å². The molecule has 6 rings (SSSR count). The van der Waals surface area contributed by atoms with Gasteiger partial charge in [0.2, 0.25) is 11.8 Å². The molecule has 1 aromatic heterocycles. The van der Waals surface area contributed by atoms with E-state index in [1.54, 1.807) is 10.9 Å². The number of nitrogens with zero attached hydrogens (tertiary/aromatic N) is 5. The Hall–Kier alpha value is -5.11. The molecular formula is C45H61Cl2N9O4. The average molecular weight is 863 g/mol. The lowest BCUT2D eigenvalue weighted by atomic mass is 9.92. The Bertz CT molecular complexity index is 2170. The molecular weight excluding hydrogens is 801 g/mol. The fourth-order valence-electron chi connectivity index (χ4n) is 7.58. The van der Waals surface area contributed by atoms with Gasteiger partial charge in [-0.1, -0.05) is 79.7 Å². The van der Waals surface area contributed by atoms with Crippen molar-refractivity contribution in [3.63, 3.8) is 0 Å². The Labute approximate surface area is 365 Å². The molecule has 4 aromatic carbocycles. The average Bonchev–Trinajstić information content (AvgIpc) is 3.71. The zero-order valence-electron chi connectivity index (χ0n) is 34.8. The molecule has 1 fully saturated rings. The van der Waals surface area contributed by atoms with E-state index in [1.165, 1.54) is 0 Å². The normalized spacial score (nSPS) is 13.6. The number of carbonyl (C=O) groups excluding carboxylic acids is 2. The maximum Gasteiger partial charge on any atom is 0.245 e. The van der Waals surface area contributed by atoms with Crippen LogP contribution in [0.4, 0.5) is 0 Å². The minimum absolute atomic E-state index is 0. The summed E-state index contributed by atoms with van der Waals surface area (Å²) < 4.78 is 14.8. The van der Waals surface area contributed by atoms with Crippen molar-refractivity contribution < 1.29 is 19.1 Å². The third-order valence-electron chi connectivity index (χ3n) is 10.7. The number of unbranched alkanes of at least 4 members (excludes halogenated alkanes) is 1. The highest BCUT2D eigenvalue weighted by Gasteiger charge is 2.31. The van der Waals surface area contributed by atoms with Crippen LogP contribution in [0, 0.1) is 5.92 Å². The maximum atomic E-state index is 14.1. The van der Waals surface area contributed by atoms with Crippen molar-refractivity contribution in [1.29, 1.82) is 0 Å². The van der Waals surface area contributed by atoms with Crippen LogP contribution in [-0.2, 0) is 16.2 Å². The molecule has 324 valence electrons. The van der Waals surface area contributed by atoms with Crippen LogP contribution >= 0.6 is 24.8 Å². The van der Waals surface area contributed by atoms with Crippen molar-refractivity contribution in [3.05, 3.63) is 84.7 Å². The number of carbonyl (C=O) groups is 2. The van der Waals surface area contributed by atoms with Gasteiger partial charge < -0.3 is 36.9 Å². The third-order valence-corrected chi connectivity index (χ3v) is 10.7. The summed E-state index contributed by atoms with van der Waals surface area (Å²) in [5.41, 5.74) is 19.4. The summed E-state index contributed by atoms with van der Waals surface area (Å²) in [6.45, 7) is 7.31.